The molecule has 1 saturated heterocycles. The van der Waals surface area contributed by atoms with E-state index in [2.05, 4.69) is 0 Å². The van der Waals surface area contributed by atoms with Crippen molar-refractivity contribution in [3.8, 4) is 5.75 Å². The standard InChI is InChI=1S/C14H16ClNO4/c15-9-5-6-10(12(17)8-9)13(18)16-7-3-1-2-4-11(16)14(19)20/h5-6,8,11,17H,1-4,7H2,(H,19,20). The summed E-state index contributed by atoms with van der Waals surface area (Å²) in [4.78, 5) is 25.1. The van der Waals surface area contributed by atoms with E-state index in [1.165, 1.54) is 23.1 Å². The van der Waals surface area contributed by atoms with Crippen LogP contribution in [0.3, 0.4) is 0 Å². The van der Waals surface area contributed by atoms with Crippen LogP contribution in [0.25, 0.3) is 0 Å². The molecule has 0 spiro atoms. The molecular formula is C14H16ClNO4. The number of carboxylic acid groups (broad SMARTS) is 1. The number of aromatic hydroxyl groups is 1. The van der Waals surface area contributed by atoms with E-state index in [-0.39, 0.29) is 11.3 Å². The maximum Gasteiger partial charge on any atom is 0.326 e. The number of hydrogen-bond acceptors (Lipinski definition) is 3. The lowest BCUT2D eigenvalue weighted by Gasteiger charge is -2.27. The van der Waals surface area contributed by atoms with Crippen molar-refractivity contribution in [3.63, 3.8) is 0 Å². The van der Waals surface area contributed by atoms with Crippen LogP contribution in [0.4, 0.5) is 0 Å². The molecule has 1 fully saturated rings. The van der Waals surface area contributed by atoms with Crippen LogP contribution in [0.15, 0.2) is 18.2 Å². The van der Waals surface area contributed by atoms with E-state index >= 15 is 0 Å². The first-order chi connectivity index (χ1) is 9.50. The summed E-state index contributed by atoms with van der Waals surface area (Å²) in [5.74, 6) is -1.70. The number of phenolic OH excluding ortho intramolecular Hbond substituents is 1. The molecule has 0 saturated carbocycles. The van der Waals surface area contributed by atoms with Crippen molar-refractivity contribution in [1.82, 2.24) is 4.90 Å². The lowest BCUT2D eigenvalue weighted by Crippen LogP contribution is -2.44. The Bertz CT molecular complexity index is 532. The predicted molar refractivity (Wildman–Crippen MR) is 74.0 cm³/mol. The van der Waals surface area contributed by atoms with Crippen LogP contribution in [-0.4, -0.2) is 39.6 Å². The molecular weight excluding hydrogens is 282 g/mol. The molecule has 1 amide bonds. The number of phenols is 1. The van der Waals surface area contributed by atoms with Gasteiger partial charge in [-0.3, -0.25) is 4.79 Å². The zero-order valence-electron chi connectivity index (χ0n) is 10.9. The second kappa shape index (κ2) is 6.13. The first kappa shape index (κ1) is 14.7. The lowest BCUT2D eigenvalue weighted by atomic mass is 10.1. The molecule has 0 bridgehead atoms. The van der Waals surface area contributed by atoms with Gasteiger partial charge < -0.3 is 15.1 Å². The predicted octanol–water partition coefficient (Wildman–Crippen LogP) is 2.52. The number of rotatable bonds is 2. The number of amides is 1. The van der Waals surface area contributed by atoms with Crippen LogP contribution in [0, 0.1) is 0 Å². The molecule has 1 unspecified atom stereocenters. The number of benzene rings is 1. The summed E-state index contributed by atoms with van der Waals surface area (Å²) in [6.45, 7) is 0.387. The van der Waals surface area contributed by atoms with Crippen molar-refractivity contribution < 1.29 is 19.8 Å². The van der Waals surface area contributed by atoms with Gasteiger partial charge in [0.2, 0.25) is 0 Å². The largest absolute Gasteiger partial charge is 0.507 e. The molecule has 6 heteroatoms. The molecule has 0 aromatic heterocycles. The number of aliphatic carboxylic acids is 1. The SMILES string of the molecule is O=C(O)C1CCCCCN1C(=O)c1ccc(Cl)cc1O. The van der Waals surface area contributed by atoms with Gasteiger partial charge in [-0.05, 0) is 31.0 Å². The number of carboxylic acids is 1. The highest BCUT2D eigenvalue weighted by Crippen LogP contribution is 2.26. The molecule has 1 heterocycles. The van der Waals surface area contributed by atoms with Crippen molar-refractivity contribution in [3.05, 3.63) is 28.8 Å². The Hall–Kier alpha value is -1.75. The molecule has 1 aliphatic heterocycles. The number of carbonyl (C=O) groups is 2. The zero-order valence-corrected chi connectivity index (χ0v) is 11.6. The van der Waals surface area contributed by atoms with Gasteiger partial charge >= 0.3 is 5.97 Å². The average molecular weight is 298 g/mol. The highest BCUT2D eigenvalue weighted by Gasteiger charge is 2.32. The fourth-order valence-electron chi connectivity index (χ4n) is 2.45. The molecule has 0 aliphatic carbocycles. The van der Waals surface area contributed by atoms with Gasteiger partial charge in [0.25, 0.3) is 5.91 Å². The molecule has 1 aromatic rings. The second-order valence-electron chi connectivity index (χ2n) is 4.86. The van der Waals surface area contributed by atoms with Crippen molar-refractivity contribution in [2.24, 2.45) is 0 Å². The molecule has 1 atom stereocenters. The van der Waals surface area contributed by atoms with Crippen LogP contribution >= 0.6 is 11.6 Å². The Labute approximate surface area is 121 Å². The maximum atomic E-state index is 12.5. The van der Waals surface area contributed by atoms with Gasteiger partial charge in [0.15, 0.2) is 0 Å². The minimum Gasteiger partial charge on any atom is -0.507 e. The average Bonchev–Trinajstić information content (AvgIpc) is 2.63. The minimum absolute atomic E-state index is 0.0857. The third-order valence-electron chi connectivity index (χ3n) is 3.49. The summed E-state index contributed by atoms with van der Waals surface area (Å²) in [6.07, 6.45) is 2.90. The minimum atomic E-state index is -1.01. The monoisotopic (exact) mass is 297 g/mol. The van der Waals surface area contributed by atoms with Crippen molar-refractivity contribution in [2.75, 3.05) is 6.54 Å². The summed E-state index contributed by atoms with van der Waals surface area (Å²) in [5, 5.41) is 19.4. The first-order valence-electron chi connectivity index (χ1n) is 6.53. The summed E-state index contributed by atoms with van der Waals surface area (Å²) < 4.78 is 0. The van der Waals surface area contributed by atoms with Gasteiger partial charge in [0.05, 0.1) is 5.56 Å². The topological polar surface area (TPSA) is 77.8 Å². The normalized spacial score (nSPS) is 19.4. The Balaban J connectivity index is 2.31. The quantitative estimate of drug-likeness (QED) is 0.879. The van der Waals surface area contributed by atoms with Gasteiger partial charge in [-0.2, -0.15) is 0 Å². The summed E-state index contributed by atoms with van der Waals surface area (Å²) >= 11 is 5.73. The molecule has 2 N–H and O–H groups in total. The van der Waals surface area contributed by atoms with E-state index in [0.717, 1.165) is 19.3 Å². The number of nitrogens with zero attached hydrogens (tertiary/aromatic N) is 1. The van der Waals surface area contributed by atoms with Crippen molar-refractivity contribution in [2.45, 2.75) is 31.7 Å². The number of likely N-dealkylation sites (tertiary alicyclic amines) is 1. The van der Waals surface area contributed by atoms with E-state index in [1.807, 2.05) is 0 Å². The van der Waals surface area contributed by atoms with Gasteiger partial charge in [-0.25, -0.2) is 4.79 Å². The summed E-state index contributed by atoms with van der Waals surface area (Å²) in [5.41, 5.74) is 0.0857. The summed E-state index contributed by atoms with van der Waals surface area (Å²) in [7, 11) is 0. The van der Waals surface area contributed by atoms with Crippen molar-refractivity contribution >= 4 is 23.5 Å². The Morgan fingerprint density at radius 3 is 2.65 bits per heavy atom. The van der Waals surface area contributed by atoms with E-state index in [9.17, 15) is 19.8 Å². The van der Waals surface area contributed by atoms with Crippen molar-refractivity contribution in [1.29, 1.82) is 0 Å². The van der Waals surface area contributed by atoms with Crippen LogP contribution in [0.5, 0.6) is 5.75 Å². The Morgan fingerprint density at radius 2 is 2.00 bits per heavy atom. The van der Waals surface area contributed by atoms with Crippen LogP contribution < -0.4 is 0 Å². The highest BCUT2D eigenvalue weighted by molar-refractivity contribution is 6.30. The Morgan fingerprint density at radius 1 is 1.25 bits per heavy atom. The fourth-order valence-corrected chi connectivity index (χ4v) is 2.61. The fraction of sp³-hybridized carbons (Fsp3) is 0.429. The van der Waals surface area contributed by atoms with Gasteiger partial charge in [0.1, 0.15) is 11.8 Å². The molecule has 2 rings (SSSR count). The van der Waals surface area contributed by atoms with E-state index in [0.29, 0.717) is 18.0 Å². The van der Waals surface area contributed by atoms with Crippen LogP contribution in [0.2, 0.25) is 5.02 Å². The third kappa shape index (κ3) is 3.04. The molecule has 0 radical (unpaired) electrons. The number of halogens is 1. The molecule has 5 nitrogen and oxygen atoms in total. The first-order valence-corrected chi connectivity index (χ1v) is 6.91. The van der Waals surface area contributed by atoms with Crippen LogP contribution in [0.1, 0.15) is 36.0 Å². The molecule has 1 aliphatic rings. The zero-order chi connectivity index (χ0) is 14.7. The van der Waals surface area contributed by atoms with E-state index in [1.54, 1.807) is 0 Å². The van der Waals surface area contributed by atoms with E-state index < -0.39 is 17.9 Å². The molecule has 108 valence electrons. The van der Waals surface area contributed by atoms with Gasteiger partial charge in [-0.1, -0.05) is 24.4 Å². The second-order valence-corrected chi connectivity index (χ2v) is 5.30. The smallest absolute Gasteiger partial charge is 0.326 e. The number of hydrogen-bond donors (Lipinski definition) is 2. The van der Waals surface area contributed by atoms with E-state index in [4.69, 9.17) is 11.6 Å². The maximum absolute atomic E-state index is 12.5. The van der Waals surface area contributed by atoms with Gasteiger partial charge in [-0.15, -0.1) is 0 Å². The van der Waals surface area contributed by atoms with Gasteiger partial charge in [0, 0.05) is 11.6 Å². The number of carbonyl (C=O) groups excluding carboxylic acids is 1. The Kier molecular flexibility index (Phi) is 4.49. The molecule has 20 heavy (non-hydrogen) atoms. The third-order valence-corrected chi connectivity index (χ3v) is 3.72. The van der Waals surface area contributed by atoms with Crippen LogP contribution in [-0.2, 0) is 4.79 Å². The molecule has 1 aromatic carbocycles. The summed E-state index contributed by atoms with van der Waals surface area (Å²) in [6, 6.07) is 3.37. The lowest BCUT2D eigenvalue weighted by molar-refractivity contribution is -0.142. The highest BCUT2D eigenvalue weighted by atomic mass is 35.5.